The lowest BCUT2D eigenvalue weighted by Crippen LogP contribution is -1.96. The minimum atomic E-state index is -0.375. The van der Waals surface area contributed by atoms with Crippen LogP contribution in [-0.4, -0.2) is 10.1 Å². The maximum absolute atomic E-state index is 9.58. The van der Waals surface area contributed by atoms with Crippen molar-refractivity contribution < 1.29 is 5.11 Å². The van der Waals surface area contributed by atoms with Gasteiger partial charge in [-0.2, -0.15) is 0 Å². The summed E-state index contributed by atoms with van der Waals surface area (Å²) in [5.41, 5.74) is 0.881. The lowest BCUT2D eigenvalue weighted by molar-refractivity contribution is 0.166. The smallest absolute Gasteiger partial charge is 0.0805 e. The van der Waals surface area contributed by atoms with Gasteiger partial charge in [-0.05, 0) is 34.0 Å². The van der Waals surface area contributed by atoms with E-state index in [-0.39, 0.29) is 6.10 Å². The molecule has 3 heteroatoms. The molecule has 1 N–H and O–H groups in total. The van der Waals surface area contributed by atoms with Crippen molar-refractivity contribution in [3.8, 4) is 0 Å². The fraction of sp³-hybridized carbons (Fsp3) is 0.444. The zero-order valence-corrected chi connectivity index (χ0v) is 8.58. The Hall–Kier alpha value is -0.410. The second-order valence-electron chi connectivity index (χ2n) is 2.74. The highest BCUT2D eigenvalue weighted by molar-refractivity contribution is 9.10. The molecule has 12 heavy (non-hydrogen) atoms. The van der Waals surface area contributed by atoms with Crippen molar-refractivity contribution in [1.29, 1.82) is 0 Å². The summed E-state index contributed by atoms with van der Waals surface area (Å²) < 4.78 is 0.912. The molecule has 1 atom stereocenters. The number of nitrogens with zero attached hydrogens (tertiary/aromatic N) is 1. The first kappa shape index (κ1) is 9.68. The minimum absolute atomic E-state index is 0.375. The first-order chi connectivity index (χ1) is 5.74. The normalized spacial score (nSPS) is 12.9. The molecule has 0 aliphatic carbocycles. The summed E-state index contributed by atoms with van der Waals surface area (Å²) in [7, 11) is 0. The highest BCUT2D eigenvalue weighted by Gasteiger charge is 2.05. The number of pyridine rings is 1. The van der Waals surface area contributed by atoms with Crippen LogP contribution in [0.2, 0.25) is 0 Å². The Balaban J connectivity index is 2.73. The molecule has 0 fully saturated rings. The molecule has 1 rings (SSSR count). The van der Waals surface area contributed by atoms with Crippen LogP contribution >= 0.6 is 15.9 Å². The summed E-state index contributed by atoms with van der Waals surface area (Å²) >= 11 is 3.31. The molecule has 0 aromatic carbocycles. The van der Waals surface area contributed by atoms with Gasteiger partial charge in [-0.25, -0.2) is 0 Å². The van der Waals surface area contributed by atoms with Gasteiger partial charge in [0.1, 0.15) is 0 Å². The Morgan fingerprint density at radius 1 is 1.58 bits per heavy atom. The van der Waals surface area contributed by atoms with E-state index in [1.807, 2.05) is 6.07 Å². The fourth-order valence-corrected chi connectivity index (χ4v) is 1.43. The van der Waals surface area contributed by atoms with Crippen molar-refractivity contribution in [2.45, 2.75) is 25.9 Å². The topological polar surface area (TPSA) is 33.1 Å². The lowest BCUT2D eigenvalue weighted by atomic mass is 10.1. The molecule has 0 amide bonds. The highest BCUT2D eigenvalue weighted by Crippen LogP contribution is 2.19. The molecule has 0 unspecified atom stereocenters. The molecule has 66 valence electrons. The molecule has 0 saturated heterocycles. The van der Waals surface area contributed by atoms with Crippen LogP contribution in [0, 0.1) is 0 Å². The summed E-state index contributed by atoms with van der Waals surface area (Å²) in [6.07, 6.45) is 4.80. The predicted octanol–water partition coefficient (Wildman–Crippen LogP) is 2.68. The quantitative estimate of drug-likeness (QED) is 0.865. The van der Waals surface area contributed by atoms with Crippen LogP contribution in [-0.2, 0) is 0 Å². The molecule has 0 spiro atoms. The van der Waals surface area contributed by atoms with Gasteiger partial charge >= 0.3 is 0 Å². The molecule has 0 aliphatic heterocycles. The van der Waals surface area contributed by atoms with Crippen molar-refractivity contribution >= 4 is 15.9 Å². The summed E-state index contributed by atoms with van der Waals surface area (Å²) in [6.45, 7) is 2.05. The van der Waals surface area contributed by atoms with Crippen LogP contribution in [0.25, 0.3) is 0 Å². The Labute approximate surface area is 80.8 Å². The van der Waals surface area contributed by atoms with Crippen LogP contribution in [0.1, 0.15) is 31.4 Å². The molecule has 1 heterocycles. The average Bonchev–Trinajstić information content (AvgIpc) is 2.05. The van der Waals surface area contributed by atoms with E-state index in [1.54, 1.807) is 12.4 Å². The van der Waals surface area contributed by atoms with Crippen LogP contribution in [0.4, 0.5) is 0 Å². The van der Waals surface area contributed by atoms with Gasteiger partial charge < -0.3 is 5.11 Å². The molecule has 0 aliphatic rings. The van der Waals surface area contributed by atoms with Crippen LogP contribution in [0.15, 0.2) is 22.9 Å². The number of aliphatic hydroxyl groups excluding tert-OH is 1. The second kappa shape index (κ2) is 4.58. The third kappa shape index (κ3) is 2.57. The van der Waals surface area contributed by atoms with E-state index >= 15 is 0 Å². The number of aromatic nitrogens is 1. The summed E-state index contributed by atoms with van der Waals surface area (Å²) in [5, 5.41) is 9.58. The molecule has 0 radical (unpaired) electrons. The molecule has 2 nitrogen and oxygen atoms in total. The SMILES string of the molecule is CCC[C@H](O)c1cncc(Br)c1. The molecular weight excluding hydrogens is 218 g/mol. The lowest BCUT2D eigenvalue weighted by Gasteiger charge is -2.08. The molecule has 0 saturated carbocycles. The van der Waals surface area contributed by atoms with Crippen molar-refractivity contribution in [2.24, 2.45) is 0 Å². The number of rotatable bonds is 3. The van der Waals surface area contributed by atoms with E-state index in [1.165, 1.54) is 0 Å². The Kier molecular flexibility index (Phi) is 3.69. The van der Waals surface area contributed by atoms with Gasteiger partial charge in [0, 0.05) is 16.9 Å². The summed E-state index contributed by atoms with van der Waals surface area (Å²) in [6, 6.07) is 1.90. The van der Waals surface area contributed by atoms with Crippen molar-refractivity contribution in [1.82, 2.24) is 4.98 Å². The molecular formula is C9H12BrNO. The van der Waals surface area contributed by atoms with Crippen molar-refractivity contribution in [3.05, 3.63) is 28.5 Å². The van der Waals surface area contributed by atoms with Crippen LogP contribution < -0.4 is 0 Å². The molecule has 1 aromatic heterocycles. The van der Waals surface area contributed by atoms with E-state index in [2.05, 4.69) is 27.8 Å². The predicted molar refractivity (Wildman–Crippen MR) is 51.8 cm³/mol. The third-order valence-corrected chi connectivity index (χ3v) is 2.11. The van der Waals surface area contributed by atoms with E-state index in [0.717, 1.165) is 22.9 Å². The van der Waals surface area contributed by atoms with Gasteiger partial charge in [0.2, 0.25) is 0 Å². The van der Waals surface area contributed by atoms with Gasteiger partial charge in [-0.3, -0.25) is 4.98 Å². The van der Waals surface area contributed by atoms with E-state index < -0.39 is 0 Å². The third-order valence-electron chi connectivity index (χ3n) is 1.67. The van der Waals surface area contributed by atoms with Crippen LogP contribution in [0.5, 0.6) is 0 Å². The summed E-state index contributed by atoms with van der Waals surface area (Å²) in [4.78, 5) is 3.98. The largest absolute Gasteiger partial charge is 0.388 e. The van der Waals surface area contributed by atoms with E-state index in [0.29, 0.717) is 0 Å². The van der Waals surface area contributed by atoms with Gasteiger partial charge in [0.15, 0.2) is 0 Å². The van der Waals surface area contributed by atoms with Crippen molar-refractivity contribution in [2.75, 3.05) is 0 Å². The zero-order chi connectivity index (χ0) is 8.97. The maximum atomic E-state index is 9.58. The Morgan fingerprint density at radius 3 is 2.92 bits per heavy atom. The minimum Gasteiger partial charge on any atom is -0.388 e. The van der Waals surface area contributed by atoms with Gasteiger partial charge in [-0.15, -0.1) is 0 Å². The van der Waals surface area contributed by atoms with E-state index in [9.17, 15) is 5.11 Å². The molecule has 1 aromatic rings. The number of hydrogen-bond acceptors (Lipinski definition) is 2. The first-order valence-corrected chi connectivity index (χ1v) is 4.82. The average molecular weight is 230 g/mol. The maximum Gasteiger partial charge on any atom is 0.0805 e. The number of aliphatic hydroxyl groups is 1. The standard InChI is InChI=1S/C9H12BrNO/c1-2-3-9(12)7-4-8(10)6-11-5-7/h4-6,9,12H,2-3H2,1H3/t9-/m0/s1. The Morgan fingerprint density at radius 2 is 2.33 bits per heavy atom. The van der Waals surface area contributed by atoms with Gasteiger partial charge in [0.25, 0.3) is 0 Å². The van der Waals surface area contributed by atoms with Crippen molar-refractivity contribution in [3.63, 3.8) is 0 Å². The highest BCUT2D eigenvalue weighted by atomic mass is 79.9. The van der Waals surface area contributed by atoms with Gasteiger partial charge in [0.05, 0.1) is 6.10 Å². The second-order valence-corrected chi connectivity index (χ2v) is 3.66. The van der Waals surface area contributed by atoms with Crippen LogP contribution in [0.3, 0.4) is 0 Å². The van der Waals surface area contributed by atoms with E-state index in [4.69, 9.17) is 0 Å². The fourth-order valence-electron chi connectivity index (χ4n) is 1.05. The summed E-state index contributed by atoms with van der Waals surface area (Å²) in [5.74, 6) is 0. The zero-order valence-electron chi connectivity index (χ0n) is 7.00. The monoisotopic (exact) mass is 229 g/mol. The molecule has 0 bridgehead atoms. The van der Waals surface area contributed by atoms with Gasteiger partial charge in [-0.1, -0.05) is 13.3 Å². The Bertz CT molecular complexity index is 252. The first-order valence-electron chi connectivity index (χ1n) is 4.02. The number of halogens is 1. The number of hydrogen-bond donors (Lipinski definition) is 1.